The van der Waals surface area contributed by atoms with Gasteiger partial charge < -0.3 is 9.84 Å². The van der Waals surface area contributed by atoms with E-state index in [2.05, 4.69) is 0 Å². The molecule has 6 heteroatoms. The summed E-state index contributed by atoms with van der Waals surface area (Å²) in [5.41, 5.74) is -0.0566. The molecule has 1 rings (SSSR count). The zero-order valence-electron chi connectivity index (χ0n) is 6.71. The highest BCUT2D eigenvalue weighted by molar-refractivity contribution is 6.66. The lowest BCUT2D eigenvalue weighted by Crippen LogP contribution is -2.15. The third-order valence-electron chi connectivity index (χ3n) is 1.34. The highest BCUT2D eigenvalue weighted by Crippen LogP contribution is 2.31. The molecule has 0 aliphatic heterocycles. The largest absolute Gasteiger partial charge is 0.478 e. The van der Waals surface area contributed by atoms with Crippen LogP contribution in [0.4, 0.5) is 0 Å². The summed E-state index contributed by atoms with van der Waals surface area (Å²) >= 11 is 16.1. The maximum Gasteiger partial charge on any atom is 0.339 e. The Morgan fingerprint density at radius 1 is 1.29 bits per heavy atom. The van der Waals surface area contributed by atoms with Crippen molar-refractivity contribution in [2.24, 2.45) is 0 Å². The number of aromatic carboxylic acids is 1. The van der Waals surface area contributed by atoms with E-state index in [1.165, 1.54) is 12.1 Å². The van der Waals surface area contributed by atoms with E-state index in [-0.39, 0.29) is 11.3 Å². The molecule has 0 aliphatic rings. The van der Waals surface area contributed by atoms with Gasteiger partial charge in [0.1, 0.15) is 11.3 Å². The van der Waals surface area contributed by atoms with Gasteiger partial charge in [0.05, 0.1) is 0 Å². The van der Waals surface area contributed by atoms with E-state index < -0.39 is 9.95 Å². The second-order valence-corrected chi connectivity index (χ2v) is 4.53. The first kappa shape index (κ1) is 11.4. The van der Waals surface area contributed by atoms with E-state index in [1.54, 1.807) is 12.1 Å². The molecule has 3 nitrogen and oxygen atoms in total. The summed E-state index contributed by atoms with van der Waals surface area (Å²) in [4.78, 5) is 10.7. The van der Waals surface area contributed by atoms with Crippen LogP contribution < -0.4 is 4.74 Å². The normalized spacial score (nSPS) is 11.1. The molecule has 0 saturated heterocycles. The number of alkyl halides is 3. The summed E-state index contributed by atoms with van der Waals surface area (Å²) < 4.78 is 2.84. The monoisotopic (exact) mass is 254 g/mol. The zero-order chi connectivity index (χ0) is 10.8. The van der Waals surface area contributed by atoms with Gasteiger partial charge in [0, 0.05) is 0 Å². The summed E-state index contributed by atoms with van der Waals surface area (Å²) in [6, 6.07) is 5.90. The molecule has 14 heavy (non-hydrogen) atoms. The minimum Gasteiger partial charge on any atom is -0.478 e. The summed E-state index contributed by atoms with van der Waals surface area (Å²) in [6.07, 6.45) is 0. The van der Waals surface area contributed by atoms with Gasteiger partial charge in [-0.05, 0) is 46.9 Å². The minimum absolute atomic E-state index is 0.0139. The van der Waals surface area contributed by atoms with Crippen LogP contribution >= 0.6 is 34.8 Å². The van der Waals surface area contributed by atoms with E-state index in [9.17, 15) is 4.79 Å². The number of halogens is 3. The number of carboxylic acid groups (broad SMARTS) is 1. The van der Waals surface area contributed by atoms with Crippen molar-refractivity contribution in [3.8, 4) is 5.75 Å². The van der Waals surface area contributed by atoms with Crippen LogP contribution in [0.25, 0.3) is 0 Å². The molecule has 1 N–H and O–H groups in total. The molecule has 0 aromatic heterocycles. The Balaban J connectivity index is 3.02. The van der Waals surface area contributed by atoms with Crippen LogP contribution in [0.3, 0.4) is 0 Å². The maximum atomic E-state index is 10.7. The number of hydrogen-bond donors (Lipinski definition) is 1. The van der Waals surface area contributed by atoms with Gasteiger partial charge in [-0.25, -0.2) is 4.79 Å². The lowest BCUT2D eigenvalue weighted by Gasteiger charge is -2.14. The van der Waals surface area contributed by atoms with Crippen molar-refractivity contribution in [3.63, 3.8) is 0 Å². The van der Waals surface area contributed by atoms with Gasteiger partial charge in [0.25, 0.3) is 0 Å². The maximum absolute atomic E-state index is 10.7. The van der Waals surface area contributed by atoms with E-state index in [0.29, 0.717) is 0 Å². The first-order chi connectivity index (χ1) is 6.40. The van der Waals surface area contributed by atoms with Gasteiger partial charge in [-0.2, -0.15) is 0 Å². The molecule has 0 fully saturated rings. The van der Waals surface area contributed by atoms with Gasteiger partial charge in [-0.15, -0.1) is 0 Å². The highest BCUT2D eigenvalue weighted by Gasteiger charge is 2.24. The number of carbonyl (C=O) groups is 1. The molecule has 0 atom stereocenters. The predicted molar refractivity (Wildman–Crippen MR) is 54.3 cm³/mol. The lowest BCUT2D eigenvalue weighted by atomic mass is 10.2. The van der Waals surface area contributed by atoms with Crippen LogP contribution in [0.15, 0.2) is 24.3 Å². The lowest BCUT2D eigenvalue weighted by molar-refractivity contribution is 0.0692. The van der Waals surface area contributed by atoms with Gasteiger partial charge in [-0.3, -0.25) is 0 Å². The molecule has 76 valence electrons. The molecule has 0 unspecified atom stereocenters. The molecule has 0 bridgehead atoms. The van der Waals surface area contributed by atoms with Crippen molar-refractivity contribution in [2.45, 2.75) is 3.98 Å². The van der Waals surface area contributed by atoms with Crippen LogP contribution in [-0.4, -0.2) is 15.1 Å². The molecule has 0 radical (unpaired) electrons. The molecular formula is C8H5Cl3O3. The number of ether oxygens (including phenoxy) is 1. The van der Waals surface area contributed by atoms with E-state index in [0.717, 1.165) is 0 Å². The molecule has 0 saturated carbocycles. The Hall–Kier alpha value is -0.640. The number of carboxylic acids is 1. The summed E-state index contributed by atoms with van der Waals surface area (Å²) in [6.45, 7) is 0. The van der Waals surface area contributed by atoms with Gasteiger partial charge in [0.15, 0.2) is 0 Å². The first-order valence-electron chi connectivity index (χ1n) is 3.48. The molecular weight excluding hydrogens is 250 g/mol. The first-order valence-corrected chi connectivity index (χ1v) is 4.61. The highest BCUT2D eigenvalue weighted by atomic mass is 35.6. The van der Waals surface area contributed by atoms with Crippen LogP contribution in [0.5, 0.6) is 5.75 Å². The van der Waals surface area contributed by atoms with Crippen LogP contribution in [0.2, 0.25) is 0 Å². The fraction of sp³-hybridized carbons (Fsp3) is 0.125. The Morgan fingerprint density at radius 3 is 2.36 bits per heavy atom. The molecule has 1 aromatic rings. The number of benzene rings is 1. The van der Waals surface area contributed by atoms with E-state index >= 15 is 0 Å². The van der Waals surface area contributed by atoms with Crippen molar-refractivity contribution >= 4 is 40.8 Å². The van der Waals surface area contributed by atoms with E-state index in [1.807, 2.05) is 0 Å². The van der Waals surface area contributed by atoms with Crippen molar-refractivity contribution in [1.82, 2.24) is 0 Å². The van der Waals surface area contributed by atoms with Gasteiger partial charge in [-0.1, -0.05) is 12.1 Å². The second kappa shape index (κ2) is 4.26. The summed E-state index contributed by atoms with van der Waals surface area (Å²) in [5.74, 6) is -1.13. The zero-order valence-corrected chi connectivity index (χ0v) is 8.97. The summed E-state index contributed by atoms with van der Waals surface area (Å²) in [7, 11) is 0. The Morgan fingerprint density at radius 2 is 1.86 bits per heavy atom. The summed E-state index contributed by atoms with van der Waals surface area (Å²) in [5, 5.41) is 8.75. The quantitative estimate of drug-likeness (QED) is 0.826. The van der Waals surface area contributed by atoms with Crippen LogP contribution in [0.1, 0.15) is 10.4 Å². The molecule has 0 amide bonds. The fourth-order valence-electron chi connectivity index (χ4n) is 0.857. The van der Waals surface area contributed by atoms with Crippen molar-refractivity contribution < 1.29 is 14.6 Å². The smallest absolute Gasteiger partial charge is 0.339 e. The average Bonchev–Trinajstić information content (AvgIpc) is 2.01. The molecule has 1 aromatic carbocycles. The Bertz CT molecular complexity index is 346. The average molecular weight is 255 g/mol. The van der Waals surface area contributed by atoms with Crippen molar-refractivity contribution in [2.75, 3.05) is 0 Å². The third kappa shape index (κ3) is 3.25. The predicted octanol–water partition coefficient (Wildman–Crippen LogP) is 3.09. The van der Waals surface area contributed by atoms with Crippen molar-refractivity contribution in [1.29, 1.82) is 0 Å². The molecule has 0 aliphatic carbocycles. The van der Waals surface area contributed by atoms with E-state index in [4.69, 9.17) is 44.6 Å². The standard InChI is InChI=1S/C8H5Cl3O3/c9-8(10,11)14-6-4-2-1-3-5(6)7(12)13/h1-4H,(H,12,13). The van der Waals surface area contributed by atoms with Gasteiger partial charge in [0.2, 0.25) is 0 Å². The third-order valence-corrected chi connectivity index (χ3v) is 1.57. The second-order valence-electron chi connectivity index (χ2n) is 2.35. The van der Waals surface area contributed by atoms with Gasteiger partial charge >= 0.3 is 9.95 Å². The number of rotatable bonds is 2. The molecule has 0 spiro atoms. The Kier molecular flexibility index (Phi) is 3.48. The number of para-hydroxylation sites is 1. The van der Waals surface area contributed by atoms with Crippen LogP contribution in [-0.2, 0) is 0 Å². The van der Waals surface area contributed by atoms with Crippen LogP contribution in [0, 0.1) is 0 Å². The molecule has 0 heterocycles. The minimum atomic E-state index is -1.97. The SMILES string of the molecule is O=C(O)c1ccccc1OC(Cl)(Cl)Cl. The fourth-order valence-corrected chi connectivity index (χ4v) is 1.11. The Labute approximate surface area is 95.1 Å². The number of hydrogen-bond acceptors (Lipinski definition) is 2. The topological polar surface area (TPSA) is 46.5 Å². The van der Waals surface area contributed by atoms with Crippen molar-refractivity contribution in [3.05, 3.63) is 29.8 Å².